The minimum Gasteiger partial charge on any atom is -0.379 e. The lowest BCUT2D eigenvalue weighted by molar-refractivity contribution is -0.171. The number of hydrogen-bond acceptors (Lipinski definition) is 4. The van der Waals surface area contributed by atoms with Crippen LogP contribution in [0.2, 0.25) is 0 Å². The third kappa shape index (κ3) is 4.21. The van der Waals surface area contributed by atoms with Gasteiger partial charge in [-0.1, -0.05) is 34.6 Å². The standard InChI is InChI=1S/C8H15NO2.C7H13NO.C2H6/c1-6(2)8(4-11-5-8)7(10)9-3;1-6-2-8(3-6)7-4-9-5-7;1-2/h6H,4-5H2,1-3H3,(H,9,10);6-7H,2-5H2,1H3;1-2H3. The van der Waals surface area contributed by atoms with Crippen LogP contribution in [0.15, 0.2) is 0 Å². The Kier molecular flexibility index (Phi) is 7.80. The first kappa shape index (κ1) is 19.4. The van der Waals surface area contributed by atoms with Gasteiger partial charge in [-0.25, -0.2) is 0 Å². The highest BCUT2D eigenvalue weighted by Gasteiger charge is 2.47. The van der Waals surface area contributed by atoms with Crippen LogP contribution in [0.4, 0.5) is 0 Å². The highest BCUT2D eigenvalue weighted by Crippen LogP contribution is 2.35. The van der Waals surface area contributed by atoms with Gasteiger partial charge in [0.2, 0.25) is 5.91 Å². The summed E-state index contributed by atoms with van der Waals surface area (Å²) in [4.78, 5) is 13.9. The van der Waals surface area contributed by atoms with E-state index in [1.54, 1.807) is 7.05 Å². The van der Waals surface area contributed by atoms with Crippen LogP contribution < -0.4 is 5.32 Å². The number of nitrogens with zero attached hydrogens (tertiary/aromatic N) is 1. The van der Waals surface area contributed by atoms with Crippen LogP contribution in [0.1, 0.15) is 34.6 Å². The second-order valence-electron chi connectivity index (χ2n) is 6.63. The van der Waals surface area contributed by atoms with Crippen LogP contribution in [-0.2, 0) is 14.3 Å². The van der Waals surface area contributed by atoms with Crippen molar-refractivity contribution in [2.45, 2.75) is 40.7 Å². The average Bonchev–Trinajstić information content (AvgIpc) is 2.36. The molecule has 1 N–H and O–H groups in total. The zero-order valence-corrected chi connectivity index (χ0v) is 15.1. The van der Waals surface area contributed by atoms with Crippen LogP contribution in [-0.4, -0.2) is 63.4 Å². The summed E-state index contributed by atoms with van der Waals surface area (Å²) in [7, 11) is 1.67. The predicted octanol–water partition coefficient (Wildman–Crippen LogP) is 1.77. The number of ether oxygens (including phenoxy) is 2. The van der Waals surface area contributed by atoms with Gasteiger partial charge in [-0.2, -0.15) is 0 Å². The third-order valence-corrected chi connectivity index (χ3v) is 4.73. The van der Waals surface area contributed by atoms with Crippen molar-refractivity contribution in [1.82, 2.24) is 10.2 Å². The van der Waals surface area contributed by atoms with Crippen molar-refractivity contribution >= 4 is 5.91 Å². The molecule has 1 amide bonds. The molecule has 5 heteroatoms. The second-order valence-corrected chi connectivity index (χ2v) is 6.63. The molecule has 0 unspecified atom stereocenters. The molecular formula is C17H34N2O3. The highest BCUT2D eigenvalue weighted by atomic mass is 16.5. The predicted molar refractivity (Wildman–Crippen MR) is 88.8 cm³/mol. The lowest BCUT2D eigenvalue weighted by atomic mass is 9.74. The van der Waals surface area contributed by atoms with Crippen molar-refractivity contribution in [3.8, 4) is 0 Å². The maximum absolute atomic E-state index is 11.4. The van der Waals surface area contributed by atoms with E-state index >= 15 is 0 Å². The summed E-state index contributed by atoms with van der Waals surface area (Å²) in [5.74, 6) is 1.40. The largest absolute Gasteiger partial charge is 0.379 e. The normalized spacial score (nSPS) is 23.8. The minimum atomic E-state index is -0.241. The van der Waals surface area contributed by atoms with Gasteiger partial charge in [-0.05, 0) is 11.8 Å². The summed E-state index contributed by atoms with van der Waals surface area (Å²) in [5.41, 5.74) is -0.241. The van der Waals surface area contributed by atoms with E-state index in [9.17, 15) is 4.79 Å². The van der Waals surface area contributed by atoms with Crippen LogP contribution in [0, 0.1) is 17.3 Å². The van der Waals surface area contributed by atoms with Gasteiger partial charge in [-0.3, -0.25) is 9.69 Å². The summed E-state index contributed by atoms with van der Waals surface area (Å²) >= 11 is 0. The van der Waals surface area contributed by atoms with Crippen LogP contribution >= 0.6 is 0 Å². The molecule has 0 radical (unpaired) electrons. The van der Waals surface area contributed by atoms with Crippen molar-refractivity contribution in [3.63, 3.8) is 0 Å². The fourth-order valence-electron chi connectivity index (χ4n) is 2.78. The fourth-order valence-corrected chi connectivity index (χ4v) is 2.78. The molecule has 3 aliphatic heterocycles. The molecule has 22 heavy (non-hydrogen) atoms. The van der Waals surface area contributed by atoms with Gasteiger partial charge in [0, 0.05) is 20.1 Å². The molecule has 0 aromatic carbocycles. The van der Waals surface area contributed by atoms with Gasteiger partial charge in [-0.15, -0.1) is 0 Å². The number of likely N-dealkylation sites (tertiary alicyclic amines) is 1. The molecule has 130 valence electrons. The van der Waals surface area contributed by atoms with Gasteiger partial charge in [0.25, 0.3) is 0 Å². The van der Waals surface area contributed by atoms with E-state index < -0.39 is 0 Å². The first-order chi connectivity index (χ1) is 10.5. The number of hydrogen-bond donors (Lipinski definition) is 1. The zero-order valence-electron chi connectivity index (χ0n) is 15.1. The Labute approximate surface area is 135 Å². The van der Waals surface area contributed by atoms with Crippen molar-refractivity contribution in [2.24, 2.45) is 17.3 Å². The van der Waals surface area contributed by atoms with E-state index in [1.165, 1.54) is 13.1 Å². The molecule has 0 atom stereocenters. The van der Waals surface area contributed by atoms with Gasteiger partial charge in [0.15, 0.2) is 0 Å². The zero-order chi connectivity index (χ0) is 16.8. The number of carbonyl (C=O) groups is 1. The summed E-state index contributed by atoms with van der Waals surface area (Å²) in [6.07, 6.45) is 0. The number of amides is 1. The van der Waals surface area contributed by atoms with Crippen LogP contribution in [0.25, 0.3) is 0 Å². The van der Waals surface area contributed by atoms with Gasteiger partial charge >= 0.3 is 0 Å². The van der Waals surface area contributed by atoms with Gasteiger partial charge in [0.1, 0.15) is 0 Å². The minimum absolute atomic E-state index is 0.110. The molecule has 0 aliphatic carbocycles. The van der Waals surface area contributed by atoms with Gasteiger partial charge < -0.3 is 14.8 Å². The summed E-state index contributed by atoms with van der Waals surface area (Å²) in [6, 6.07) is 0.779. The second kappa shape index (κ2) is 8.85. The van der Waals surface area contributed by atoms with Crippen molar-refractivity contribution in [3.05, 3.63) is 0 Å². The third-order valence-electron chi connectivity index (χ3n) is 4.73. The molecule has 3 rings (SSSR count). The molecule has 3 aliphatic rings. The van der Waals surface area contributed by atoms with E-state index in [0.717, 1.165) is 25.2 Å². The number of carbonyl (C=O) groups excluding carboxylic acids is 1. The molecule has 0 aromatic rings. The molecule has 3 heterocycles. The maximum Gasteiger partial charge on any atom is 0.230 e. The Morgan fingerprint density at radius 1 is 1.18 bits per heavy atom. The molecule has 0 aromatic heterocycles. The average molecular weight is 314 g/mol. The molecule has 0 bridgehead atoms. The monoisotopic (exact) mass is 314 g/mol. The van der Waals surface area contributed by atoms with E-state index in [4.69, 9.17) is 9.47 Å². The Bertz CT molecular complexity index is 333. The van der Waals surface area contributed by atoms with Gasteiger partial charge in [0.05, 0.1) is 37.9 Å². The van der Waals surface area contributed by atoms with Crippen molar-refractivity contribution in [2.75, 3.05) is 46.6 Å². The van der Waals surface area contributed by atoms with E-state index in [-0.39, 0.29) is 11.3 Å². The van der Waals surface area contributed by atoms with Crippen LogP contribution in [0.5, 0.6) is 0 Å². The van der Waals surface area contributed by atoms with E-state index in [0.29, 0.717) is 19.1 Å². The van der Waals surface area contributed by atoms with Crippen molar-refractivity contribution in [1.29, 1.82) is 0 Å². The maximum atomic E-state index is 11.4. The first-order valence-corrected chi connectivity index (χ1v) is 8.61. The smallest absolute Gasteiger partial charge is 0.230 e. The molecule has 0 spiro atoms. The Balaban J connectivity index is 0.000000200. The van der Waals surface area contributed by atoms with Crippen LogP contribution in [0.3, 0.4) is 0 Å². The molecule has 3 fully saturated rings. The summed E-state index contributed by atoms with van der Waals surface area (Å²) < 4.78 is 10.1. The molecule has 5 nitrogen and oxygen atoms in total. The molecule has 0 saturated carbocycles. The highest BCUT2D eigenvalue weighted by molar-refractivity contribution is 5.83. The lowest BCUT2D eigenvalue weighted by Crippen LogP contribution is -2.58. The number of rotatable bonds is 3. The first-order valence-electron chi connectivity index (χ1n) is 8.61. The molecular weight excluding hydrogens is 280 g/mol. The Morgan fingerprint density at radius 2 is 1.73 bits per heavy atom. The lowest BCUT2D eigenvalue weighted by Gasteiger charge is -2.46. The topological polar surface area (TPSA) is 50.8 Å². The quantitative estimate of drug-likeness (QED) is 0.862. The Morgan fingerprint density at radius 3 is 1.91 bits per heavy atom. The number of nitrogens with one attached hydrogen (secondary N) is 1. The SMILES string of the molecule is CC.CC1CN(C2COC2)C1.CNC(=O)C1(C(C)C)COC1. The summed E-state index contributed by atoms with van der Waals surface area (Å²) in [5, 5.41) is 2.67. The van der Waals surface area contributed by atoms with Crippen molar-refractivity contribution < 1.29 is 14.3 Å². The Hall–Kier alpha value is -0.650. The molecule has 3 saturated heterocycles. The fraction of sp³-hybridized carbons (Fsp3) is 0.941. The van der Waals surface area contributed by atoms with E-state index in [1.807, 2.05) is 13.8 Å². The summed E-state index contributed by atoms with van der Waals surface area (Å²) in [6.45, 7) is 16.1. The van der Waals surface area contributed by atoms with E-state index in [2.05, 4.69) is 31.0 Å².